The molecule has 2 rings (SSSR count). The van der Waals surface area contributed by atoms with Crippen LogP contribution in [0.5, 0.6) is 0 Å². The maximum Gasteiger partial charge on any atom is 0.253 e. The second-order valence-corrected chi connectivity index (χ2v) is 4.21. The highest BCUT2D eigenvalue weighted by Crippen LogP contribution is 2.13. The largest absolute Gasteiger partial charge is 0.308 e. The summed E-state index contributed by atoms with van der Waals surface area (Å²) in [5, 5.41) is 0. The third-order valence-electron chi connectivity index (χ3n) is 2.84. The molecule has 0 N–H and O–H groups in total. The van der Waals surface area contributed by atoms with Gasteiger partial charge in [-0.15, -0.1) is 0 Å². The van der Waals surface area contributed by atoms with Crippen LogP contribution in [0.25, 0.3) is 4.85 Å². The van der Waals surface area contributed by atoms with Crippen molar-refractivity contribution in [2.75, 3.05) is 0 Å². The lowest BCUT2D eigenvalue weighted by Gasteiger charge is -2.05. The zero-order valence-electron chi connectivity index (χ0n) is 10.5. The Morgan fingerprint density at radius 1 is 1.26 bits per heavy atom. The first-order valence-corrected chi connectivity index (χ1v) is 5.78. The monoisotopic (exact) mass is 252 g/mol. The molecule has 1 aromatic carbocycles. The molecule has 0 amide bonds. The molecule has 0 fully saturated rings. The number of pyridine rings is 1. The highest BCUT2D eigenvalue weighted by molar-refractivity contribution is 5.96. The van der Waals surface area contributed by atoms with E-state index in [1.807, 2.05) is 0 Å². The summed E-state index contributed by atoms with van der Waals surface area (Å²) in [5.74, 6) is -0.149. The minimum atomic E-state index is -0.159. The lowest BCUT2D eigenvalue weighted by Crippen LogP contribution is -2.25. The van der Waals surface area contributed by atoms with Gasteiger partial charge in [0.1, 0.15) is 0 Å². The number of hydrogen-bond acceptors (Lipinski definition) is 2. The number of aromatic nitrogens is 1. The van der Waals surface area contributed by atoms with Gasteiger partial charge < -0.3 is 4.57 Å². The number of hydrogen-bond donors (Lipinski definition) is 0. The smallest absolute Gasteiger partial charge is 0.253 e. The molecule has 0 aliphatic rings. The van der Waals surface area contributed by atoms with Gasteiger partial charge in [-0.05, 0) is 13.0 Å². The van der Waals surface area contributed by atoms with E-state index in [0.29, 0.717) is 16.8 Å². The number of Topliss-reactive ketones (excluding diaryl/α,β-unsaturated/α-hetero) is 1. The number of rotatable bonds is 3. The fourth-order valence-corrected chi connectivity index (χ4v) is 1.75. The Morgan fingerprint density at radius 2 is 1.95 bits per heavy atom. The Morgan fingerprint density at radius 3 is 2.58 bits per heavy atom. The SMILES string of the molecule is [C-]#[N+]c1ccc(C(=O)Cn2cccc(C)c2=O)cc1. The summed E-state index contributed by atoms with van der Waals surface area (Å²) >= 11 is 0. The van der Waals surface area contributed by atoms with E-state index < -0.39 is 0 Å². The maximum absolute atomic E-state index is 12.0. The van der Waals surface area contributed by atoms with Crippen LogP contribution < -0.4 is 5.56 Å². The Balaban J connectivity index is 2.23. The second kappa shape index (κ2) is 5.32. The van der Waals surface area contributed by atoms with Crippen LogP contribution in [0.15, 0.2) is 47.4 Å². The third kappa shape index (κ3) is 2.78. The Bertz CT molecular complexity index is 706. The molecule has 0 unspecified atom stereocenters. The van der Waals surface area contributed by atoms with E-state index in [1.165, 1.54) is 4.57 Å². The number of benzene rings is 1. The number of carbonyl (C=O) groups is 1. The average Bonchev–Trinajstić information content (AvgIpc) is 2.44. The van der Waals surface area contributed by atoms with Gasteiger partial charge in [0, 0.05) is 17.3 Å². The fraction of sp³-hybridized carbons (Fsp3) is 0.133. The predicted octanol–water partition coefficient (Wildman–Crippen LogP) is 2.59. The lowest BCUT2D eigenvalue weighted by molar-refractivity contribution is 0.0971. The van der Waals surface area contributed by atoms with Crippen molar-refractivity contribution in [1.29, 1.82) is 0 Å². The van der Waals surface area contributed by atoms with Gasteiger partial charge in [-0.1, -0.05) is 30.3 Å². The summed E-state index contributed by atoms with van der Waals surface area (Å²) in [6.07, 6.45) is 1.60. The van der Waals surface area contributed by atoms with Gasteiger partial charge in [0.25, 0.3) is 5.56 Å². The molecule has 4 nitrogen and oxygen atoms in total. The molecule has 0 atom stereocenters. The highest BCUT2D eigenvalue weighted by atomic mass is 16.1. The first-order chi connectivity index (χ1) is 9.11. The van der Waals surface area contributed by atoms with E-state index in [9.17, 15) is 9.59 Å². The molecule has 2 aromatic rings. The van der Waals surface area contributed by atoms with Gasteiger partial charge in [-0.2, -0.15) is 0 Å². The van der Waals surface area contributed by atoms with E-state index in [4.69, 9.17) is 6.57 Å². The highest BCUT2D eigenvalue weighted by Gasteiger charge is 2.08. The van der Waals surface area contributed by atoms with Gasteiger partial charge in [-0.25, -0.2) is 4.85 Å². The van der Waals surface area contributed by atoms with Crippen molar-refractivity contribution in [3.63, 3.8) is 0 Å². The molecule has 1 aromatic heterocycles. The fourth-order valence-electron chi connectivity index (χ4n) is 1.75. The van der Waals surface area contributed by atoms with Gasteiger partial charge in [0.15, 0.2) is 11.5 Å². The Kier molecular flexibility index (Phi) is 3.58. The van der Waals surface area contributed by atoms with E-state index in [1.54, 1.807) is 49.5 Å². The quantitative estimate of drug-likeness (QED) is 0.622. The molecular formula is C15H12N2O2. The standard InChI is InChI=1S/C15H12N2O2/c1-11-4-3-9-17(15(11)19)10-14(18)12-5-7-13(16-2)8-6-12/h3-9H,10H2,1H3. The molecule has 0 saturated heterocycles. The van der Waals surface area contributed by atoms with Crippen molar-refractivity contribution in [2.24, 2.45) is 0 Å². The molecule has 1 heterocycles. The van der Waals surface area contributed by atoms with Crippen LogP contribution in [0.2, 0.25) is 0 Å². The van der Waals surface area contributed by atoms with Gasteiger partial charge >= 0.3 is 0 Å². The van der Waals surface area contributed by atoms with Crippen LogP contribution >= 0.6 is 0 Å². The minimum Gasteiger partial charge on any atom is -0.308 e. The molecule has 94 valence electrons. The molecular weight excluding hydrogens is 240 g/mol. The minimum absolute atomic E-state index is 0.0118. The average molecular weight is 252 g/mol. The number of nitrogens with zero attached hydrogens (tertiary/aromatic N) is 2. The molecule has 19 heavy (non-hydrogen) atoms. The first-order valence-electron chi connectivity index (χ1n) is 5.78. The molecule has 0 bridgehead atoms. The van der Waals surface area contributed by atoms with E-state index in [2.05, 4.69) is 4.85 Å². The predicted molar refractivity (Wildman–Crippen MR) is 72.5 cm³/mol. The van der Waals surface area contributed by atoms with Crippen molar-refractivity contribution in [1.82, 2.24) is 4.57 Å². The molecule has 0 saturated carbocycles. The summed E-state index contributed by atoms with van der Waals surface area (Å²) in [6, 6.07) is 9.87. The van der Waals surface area contributed by atoms with E-state index >= 15 is 0 Å². The molecule has 0 aliphatic carbocycles. The van der Waals surface area contributed by atoms with Crippen LogP contribution in [-0.4, -0.2) is 10.4 Å². The summed E-state index contributed by atoms with van der Waals surface area (Å²) in [5.41, 5.74) is 1.44. The van der Waals surface area contributed by atoms with Crippen molar-refractivity contribution < 1.29 is 4.79 Å². The number of carbonyl (C=O) groups excluding carboxylic acids is 1. The summed E-state index contributed by atoms with van der Waals surface area (Å²) in [7, 11) is 0. The Labute approximate surface area is 110 Å². The number of aryl methyl sites for hydroxylation is 1. The van der Waals surface area contributed by atoms with Crippen LogP contribution in [0.4, 0.5) is 5.69 Å². The third-order valence-corrected chi connectivity index (χ3v) is 2.84. The molecule has 4 heteroatoms. The van der Waals surface area contributed by atoms with Crippen molar-refractivity contribution >= 4 is 11.5 Å². The van der Waals surface area contributed by atoms with Crippen LogP contribution in [0.3, 0.4) is 0 Å². The zero-order valence-corrected chi connectivity index (χ0v) is 10.5. The van der Waals surface area contributed by atoms with Crippen molar-refractivity contribution in [3.8, 4) is 0 Å². The van der Waals surface area contributed by atoms with Crippen LogP contribution in [0.1, 0.15) is 15.9 Å². The maximum atomic E-state index is 12.0. The lowest BCUT2D eigenvalue weighted by atomic mass is 10.1. The van der Waals surface area contributed by atoms with Gasteiger partial charge in [0.2, 0.25) is 0 Å². The van der Waals surface area contributed by atoms with Gasteiger partial charge in [-0.3, -0.25) is 9.59 Å². The molecule has 0 aliphatic heterocycles. The van der Waals surface area contributed by atoms with E-state index in [0.717, 1.165) is 0 Å². The topological polar surface area (TPSA) is 43.4 Å². The van der Waals surface area contributed by atoms with Crippen molar-refractivity contribution in [2.45, 2.75) is 13.5 Å². The first kappa shape index (κ1) is 12.8. The summed E-state index contributed by atoms with van der Waals surface area (Å²) < 4.78 is 1.39. The summed E-state index contributed by atoms with van der Waals surface area (Å²) in [4.78, 5) is 27.1. The Hall–Kier alpha value is -2.67. The van der Waals surface area contributed by atoms with Crippen LogP contribution in [-0.2, 0) is 6.54 Å². The normalized spacial score (nSPS) is 9.89. The van der Waals surface area contributed by atoms with Crippen molar-refractivity contribution in [3.05, 3.63) is 75.5 Å². The molecule has 0 radical (unpaired) electrons. The zero-order chi connectivity index (χ0) is 13.8. The van der Waals surface area contributed by atoms with Crippen LogP contribution in [0, 0.1) is 13.5 Å². The summed E-state index contributed by atoms with van der Waals surface area (Å²) in [6.45, 7) is 8.58. The molecule has 0 spiro atoms. The van der Waals surface area contributed by atoms with E-state index in [-0.39, 0.29) is 17.9 Å². The van der Waals surface area contributed by atoms with Gasteiger partial charge in [0.05, 0.1) is 13.1 Å². The second-order valence-electron chi connectivity index (χ2n) is 4.21. The number of ketones is 1.